The van der Waals surface area contributed by atoms with E-state index in [4.69, 9.17) is 4.74 Å². The lowest BCUT2D eigenvalue weighted by Crippen LogP contribution is -2.38. The van der Waals surface area contributed by atoms with Crippen LogP contribution in [0.15, 0.2) is 42.5 Å². The molecule has 0 aliphatic carbocycles. The molecule has 5 nitrogen and oxygen atoms in total. The van der Waals surface area contributed by atoms with Crippen LogP contribution in [0.3, 0.4) is 0 Å². The molecule has 5 heteroatoms. The van der Waals surface area contributed by atoms with Gasteiger partial charge in [0.15, 0.2) is 6.61 Å². The second kappa shape index (κ2) is 5.88. The van der Waals surface area contributed by atoms with Crippen LogP contribution in [0.2, 0.25) is 0 Å². The highest BCUT2D eigenvalue weighted by Gasteiger charge is 2.26. The Bertz CT molecular complexity index is 765. The van der Waals surface area contributed by atoms with Crippen molar-refractivity contribution in [1.29, 1.82) is 5.26 Å². The van der Waals surface area contributed by atoms with Crippen LogP contribution < -0.4 is 9.64 Å². The monoisotopic (exact) mass is 294 g/mol. The second-order valence-electron chi connectivity index (χ2n) is 5.00. The number of carbonyl (C=O) groups is 1. The Balaban J connectivity index is 2.00. The van der Waals surface area contributed by atoms with Gasteiger partial charge in [-0.3, -0.25) is 4.79 Å². The van der Waals surface area contributed by atoms with Gasteiger partial charge in [0.05, 0.1) is 30.5 Å². The zero-order valence-corrected chi connectivity index (χ0v) is 11.8. The van der Waals surface area contributed by atoms with Crippen molar-refractivity contribution in [3.8, 4) is 11.8 Å². The van der Waals surface area contributed by atoms with Crippen LogP contribution in [-0.4, -0.2) is 17.6 Å². The minimum Gasteiger partial charge on any atom is -0.482 e. The Morgan fingerprint density at radius 2 is 2.09 bits per heavy atom. The normalized spacial score (nSPS) is 13.3. The lowest BCUT2D eigenvalue weighted by atomic mass is 10.1. The number of hydrogen-bond acceptors (Lipinski definition) is 4. The Labute approximate surface area is 128 Å². The molecule has 1 amide bonds. The predicted octanol–water partition coefficient (Wildman–Crippen LogP) is 1.98. The number of nitrogens with zero attached hydrogens (tertiary/aromatic N) is 2. The third kappa shape index (κ3) is 2.52. The predicted molar refractivity (Wildman–Crippen MR) is 80.2 cm³/mol. The van der Waals surface area contributed by atoms with Crippen LogP contribution in [0.1, 0.15) is 16.7 Å². The Hall–Kier alpha value is -2.84. The van der Waals surface area contributed by atoms with E-state index in [0.717, 1.165) is 5.56 Å². The van der Waals surface area contributed by atoms with Crippen molar-refractivity contribution in [2.24, 2.45) is 0 Å². The van der Waals surface area contributed by atoms with Crippen LogP contribution in [-0.2, 0) is 17.9 Å². The zero-order chi connectivity index (χ0) is 15.5. The first-order valence-corrected chi connectivity index (χ1v) is 6.88. The number of fused-ring (bicyclic) bond motifs is 1. The molecule has 1 heterocycles. The summed E-state index contributed by atoms with van der Waals surface area (Å²) in [4.78, 5) is 13.8. The van der Waals surface area contributed by atoms with Gasteiger partial charge in [0, 0.05) is 0 Å². The minimum atomic E-state index is -0.171. The van der Waals surface area contributed by atoms with Gasteiger partial charge in [0.2, 0.25) is 0 Å². The maximum atomic E-state index is 12.2. The summed E-state index contributed by atoms with van der Waals surface area (Å²) in [5.41, 5.74) is 2.65. The van der Waals surface area contributed by atoms with Gasteiger partial charge >= 0.3 is 0 Å². The highest BCUT2D eigenvalue weighted by atomic mass is 16.5. The third-order valence-electron chi connectivity index (χ3n) is 3.62. The van der Waals surface area contributed by atoms with Gasteiger partial charge in [-0.2, -0.15) is 5.26 Å². The fourth-order valence-electron chi connectivity index (χ4n) is 2.46. The van der Waals surface area contributed by atoms with E-state index < -0.39 is 0 Å². The van der Waals surface area contributed by atoms with Crippen molar-refractivity contribution in [2.45, 2.75) is 13.2 Å². The molecule has 0 spiro atoms. The molecule has 0 saturated heterocycles. The molecule has 22 heavy (non-hydrogen) atoms. The zero-order valence-electron chi connectivity index (χ0n) is 11.8. The summed E-state index contributed by atoms with van der Waals surface area (Å²) in [6, 6.07) is 14.6. The van der Waals surface area contributed by atoms with E-state index in [1.165, 1.54) is 0 Å². The molecule has 1 aliphatic rings. The number of nitriles is 1. The van der Waals surface area contributed by atoms with Crippen molar-refractivity contribution < 1.29 is 14.6 Å². The number of carbonyl (C=O) groups excluding carboxylic acids is 1. The molecule has 1 N–H and O–H groups in total. The summed E-state index contributed by atoms with van der Waals surface area (Å²) in [7, 11) is 0. The third-order valence-corrected chi connectivity index (χ3v) is 3.62. The molecule has 0 unspecified atom stereocenters. The quantitative estimate of drug-likeness (QED) is 0.939. The largest absolute Gasteiger partial charge is 0.482 e. The Morgan fingerprint density at radius 1 is 1.27 bits per heavy atom. The maximum Gasteiger partial charge on any atom is 0.265 e. The standard InChI is InChI=1S/C17H14N2O3/c18-8-13-3-1-2-4-14(13)9-19-15-7-12(10-20)5-6-16(15)22-11-17(19)21/h1-7,20H,9-11H2. The minimum absolute atomic E-state index is 0.0276. The van der Waals surface area contributed by atoms with Gasteiger partial charge in [-0.05, 0) is 29.3 Å². The molecule has 1 aliphatic heterocycles. The molecular formula is C17H14N2O3. The molecule has 0 fully saturated rings. The Kier molecular flexibility index (Phi) is 3.77. The molecule has 2 aromatic carbocycles. The highest BCUT2D eigenvalue weighted by molar-refractivity contribution is 5.97. The molecule has 3 rings (SSSR count). The van der Waals surface area contributed by atoms with E-state index in [1.807, 2.05) is 12.1 Å². The first-order chi connectivity index (χ1) is 10.7. The molecule has 0 bridgehead atoms. The number of rotatable bonds is 3. The van der Waals surface area contributed by atoms with E-state index in [-0.39, 0.29) is 19.1 Å². The number of hydrogen-bond donors (Lipinski definition) is 1. The van der Waals surface area contributed by atoms with Crippen molar-refractivity contribution in [1.82, 2.24) is 0 Å². The van der Waals surface area contributed by atoms with Crippen molar-refractivity contribution in [2.75, 3.05) is 11.5 Å². The van der Waals surface area contributed by atoms with Crippen LogP contribution >= 0.6 is 0 Å². The van der Waals surface area contributed by atoms with Crippen molar-refractivity contribution >= 4 is 11.6 Å². The van der Waals surface area contributed by atoms with E-state index in [1.54, 1.807) is 35.2 Å². The van der Waals surface area contributed by atoms with Crippen LogP contribution in [0.25, 0.3) is 0 Å². The lowest BCUT2D eigenvalue weighted by molar-refractivity contribution is -0.121. The van der Waals surface area contributed by atoms with E-state index in [2.05, 4.69) is 6.07 Å². The van der Waals surface area contributed by atoms with Crippen LogP contribution in [0.5, 0.6) is 5.75 Å². The molecule has 0 saturated carbocycles. The maximum absolute atomic E-state index is 12.2. The van der Waals surface area contributed by atoms with Crippen molar-refractivity contribution in [3.05, 3.63) is 59.2 Å². The number of amides is 1. The second-order valence-corrected chi connectivity index (χ2v) is 5.00. The van der Waals surface area contributed by atoms with Gasteiger partial charge in [-0.15, -0.1) is 0 Å². The van der Waals surface area contributed by atoms with Gasteiger partial charge in [0.25, 0.3) is 5.91 Å². The number of ether oxygens (including phenoxy) is 1. The van der Waals surface area contributed by atoms with Crippen molar-refractivity contribution in [3.63, 3.8) is 0 Å². The summed E-state index contributed by atoms with van der Waals surface area (Å²) in [5, 5.41) is 18.5. The first-order valence-electron chi connectivity index (χ1n) is 6.88. The number of benzene rings is 2. The highest BCUT2D eigenvalue weighted by Crippen LogP contribution is 2.34. The summed E-state index contributed by atoms with van der Waals surface area (Å²) in [6.07, 6.45) is 0. The van der Waals surface area contributed by atoms with E-state index >= 15 is 0 Å². The number of anilines is 1. The molecule has 110 valence electrons. The summed E-state index contributed by atoms with van der Waals surface area (Å²) in [5.74, 6) is 0.432. The van der Waals surface area contributed by atoms with E-state index in [0.29, 0.717) is 29.1 Å². The summed E-state index contributed by atoms with van der Waals surface area (Å²) >= 11 is 0. The van der Waals surface area contributed by atoms with Crippen LogP contribution in [0.4, 0.5) is 5.69 Å². The van der Waals surface area contributed by atoms with Crippen LogP contribution in [0, 0.1) is 11.3 Å². The Morgan fingerprint density at radius 3 is 2.86 bits per heavy atom. The number of aliphatic hydroxyl groups excluding tert-OH is 1. The average Bonchev–Trinajstić information content (AvgIpc) is 2.57. The molecule has 0 radical (unpaired) electrons. The topological polar surface area (TPSA) is 73.6 Å². The number of aliphatic hydroxyl groups is 1. The SMILES string of the molecule is N#Cc1ccccc1CN1C(=O)COc2ccc(CO)cc21. The van der Waals surface area contributed by atoms with Gasteiger partial charge in [0.1, 0.15) is 5.75 Å². The lowest BCUT2D eigenvalue weighted by Gasteiger charge is -2.30. The molecule has 0 aromatic heterocycles. The summed E-state index contributed by atoms with van der Waals surface area (Å²) in [6.45, 7) is 0.165. The van der Waals surface area contributed by atoms with Gasteiger partial charge < -0.3 is 14.7 Å². The smallest absolute Gasteiger partial charge is 0.265 e. The summed E-state index contributed by atoms with van der Waals surface area (Å²) < 4.78 is 5.42. The molecular weight excluding hydrogens is 280 g/mol. The van der Waals surface area contributed by atoms with Gasteiger partial charge in [-0.25, -0.2) is 0 Å². The average molecular weight is 294 g/mol. The van der Waals surface area contributed by atoms with E-state index in [9.17, 15) is 15.2 Å². The fourth-order valence-corrected chi connectivity index (χ4v) is 2.46. The molecule has 2 aromatic rings. The first kappa shape index (κ1) is 14.1. The fraction of sp³-hybridized carbons (Fsp3) is 0.176. The molecule has 0 atom stereocenters. The van der Waals surface area contributed by atoms with Gasteiger partial charge in [-0.1, -0.05) is 24.3 Å².